The first-order valence-electron chi connectivity index (χ1n) is 8.84. The maximum Gasteiger partial charge on any atom is 0.224 e. The Morgan fingerprint density at radius 3 is 2.73 bits per heavy atom. The number of para-hydroxylation sites is 1. The first-order valence-corrected chi connectivity index (χ1v) is 8.84. The van der Waals surface area contributed by atoms with Crippen molar-refractivity contribution in [2.75, 3.05) is 13.2 Å². The van der Waals surface area contributed by atoms with Crippen molar-refractivity contribution < 1.29 is 14.6 Å². The standard InChI is InChI=1S/C22H21NO3/c24-21(14-17-8-5-7-16-6-1-2-9-18(16)17)23-15-22(25)12-13-26-20-11-4-3-10-19(20)22/h1-11,25H,12-15H2,(H,23,24)/t22-/m0/s1. The van der Waals surface area contributed by atoms with E-state index in [9.17, 15) is 9.90 Å². The molecule has 0 unspecified atom stereocenters. The highest BCUT2D eigenvalue weighted by atomic mass is 16.5. The molecule has 1 atom stereocenters. The van der Waals surface area contributed by atoms with Crippen molar-refractivity contribution in [3.63, 3.8) is 0 Å². The maximum atomic E-state index is 12.5. The van der Waals surface area contributed by atoms with E-state index in [4.69, 9.17) is 4.74 Å². The van der Waals surface area contributed by atoms with Crippen molar-refractivity contribution >= 4 is 16.7 Å². The summed E-state index contributed by atoms with van der Waals surface area (Å²) in [4.78, 5) is 12.5. The summed E-state index contributed by atoms with van der Waals surface area (Å²) in [6, 6.07) is 21.5. The Labute approximate surface area is 152 Å². The molecule has 1 aliphatic heterocycles. The molecule has 3 aromatic carbocycles. The summed E-state index contributed by atoms with van der Waals surface area (Å²) in [6.45, 7) is 0.615. The molecule has 1 amide bonds. The number of fused-ring (bicyclic) bond motifs is 2. The van der Waals surface area contributed by atoms with Gasteiger partial charge in [-0.25, -0.2) is 0 Å². The monoisotopic (exact) mass is 347 g/mol. The number of carbonyl (C=O) groups excluding carboxylic acids is 1. The third kappa shape index (κ3) is 3.16. The Bertz CT molecular complexity index is 948. The molecular weight excluding hydrogens is 326 g/mol. The Balaban J connectivity index is 1.48. The molecule has 4 rings (SSSR count). The lowest BCUT2D eigenvalue weighted by atomic mass is 9.88. The molecule has 0 radical (unpaired) electrons. The number of nitrogens with one attached hydrogen (secondary N) is 1. The molecule has 132 valence electrons. The van der Waals surface area contributed by atoms with Crippen molar-refractivity contribution in [2.45, 2.75) is 18.4 Å². The number of carbonyl (C=O) groups is 1. The molecule has 4 heteroatoms. The smallest absolute Gasteiger partial charge is 0.224 e. The van der Waals surface area contributed by atoms with Gasteiger partial charge in [-0.1, -0.05) is 60.7 Å². The molecule has 1 aliphatic rings. The van der Waals surface area contributed by atoms with Gasteiger partial charge in [0.1, 0.15) is 11.4 Å². The molecule has 1 heterocycles. The van der Waals surface area contributed by atoms with Gasteiger partial charge in [-0.15, -0.1) is 0 Å². The van der Waals surface area contributed by atoms with Gasteiger partial charge in [0.15, 0.2) is 0 Å². The fraction of sp³-hybridized carbons (Fsp3) is 0.227. The van der Waals surface area contributed by atoms with Gasteiger partial charge < -0.3 is 15.2 Å². The summed E-state index contributed by atoms with van der Waals surface area (Å²) in [5, 5.41) is 16.1. The molecule has 4 nitrogen and oxygen atoms in total. The van der Waals surface area contributed by atoms with Crippen LogP contribution in [0.4, 0.5) is 0 Å². The Morgan fingerprint density at radius 2 is 1.81 bits per heavy atom. The minimum atomic E-state index is -1.09. The predicted molar refractivity (Wildman–Crippen MR) is 101 cm³/mol. The van der Waals surface area contributed by atoms with E-state index in [1.54, 1.807) is 0 Å². The van der Waals surface area contributed by atoms with Crippen molar-refractivity contribution in [3.8, 4) is 5.75 Å². The molecule has 26 heavy (non-hydrogen) atoms. The number of rotatable bonds is 4. The fourth-order valence-electron chi connectivity index (χ4n) is 3.55. The van der Waals surface area contributed by atoms with E-state index in [0.29, 0.717) is 18.8 Å². The highest BCUT2D eigenvalue weighted by Gasteiger charge is 2.35. The van der Waals surface area contributed by atoms with Gasteiger partial charge >= 0.3 is 0 Å². The van der Waals surface area contributed by atoms with Crippen LogP contribution in [0.1, 0.15) is 17.5 Å². The second-order valence-electron chi connectivity index (χ2n) is 6.72. The highest BCUT2D eigenvalue weighted by Crippen LogP contribution is 2.36. The second-order valence-corrected chi connectivity index (χ2v) is 6.72. The number of amides is 1. The zero-order chi connectivity index (χ0) is 18.0. The normalized spacial score (nSPS) is 18.8. The Morgan fingerprint density at radius 1 is 1.04 bits per heavy atom. The maximum absolute atomic E-state index is 12.5. The summed E-state index contributed by atoms with van der Waals surface area (Å²) < 4.78 is 5.60. The molecule has 0 bridgehead atoms. The number of hydrogen-bond donors (Lipinski definition) is 2. The minimum Gasteiger partial charge on any atom is -0.493 e. The Hall–Kier alpha value is -2.85. The molecule has 0 saturated heterocycles. The summed E-state index contributed by atoms with van der Waals surface area (Å²) >= 11 is 0. The van der Waals surface area contributed by atoms with Crippen LogP contribution in [0.3, 0.4) is 0 Å². The Kier molecular flexibility index (Phi) is 4.35. The van der Waals surface area contributed by atoms with Crippen molar-refractivity contribution in [1.82, 2.24) is 5.32 Å². The number of aliphatic hydroxyl groups is 1. The van der Waals surface area contributed by atoms with Gasteiger partial charge in [-0.2, -0.15) is 0 Å². The molecule has 0 spiro atoms. The van der Waals surface area contributed by atoms with Crippen molar-refractivity contribution in [3.05, 3.63) is 77.9 Å². The van der Waals surface area contributed by atoms with E-state index in [2.05, 4.69) is 5.32 Å². The van der Waals surface area contributed by atoms with Crippen LogP contribution >= 0.6 is 0 Å². The van der Waals surface area contributed by atoms with Gasteiger partial charge in [-0.3, -0.25) is 4.79 Å². The lowest BCUT2D eigenvalue weighted by Crippen LogP contribution is -2.44. The largest absolute Gasteiger partial charge is 0.493 e. The van der Waals surface area contributed by atoms with E-state index >= 15 is 0 Å². The first kappa shape index (κ1) is 16.6. The van der Waals surface area contributed by atoms with E-state index in [0.717, 1.165) is 21.9 Å². The number of hydrogen-bond acceptors (Lipinski definition) is 3. The topological polar surface area (TPSA) is 58.6 Å². The SMILES string of the molecule is O=C(Cc1cccc2ccccc12)NC[C@@]1(O)CCOc2ccccc21. The third-order valence-corrected chi connectivity index (χ3v) is 4.97. The van der Waals surface area contributed by atoms with Crippen LogP contribution in [0, 0.1) is 0 Å². The molecule has 0 fully saturated rings. The van der Waals surface area contributed by atoms with Gasteiger partial charge in [0.05, 0.1) is 19.6 Å². The van der Waals surface area contributed by atoms with Gasteiger partial charge in [0.25, 0.3) is 0 Å². The van der Waals surface area contributed by atoms with Crippen LogP contribution in [0.5, 0.6) is 5.75 Å². The van der Waals surface area contributed by atoms with Gasteiger partial charge in [-0.05, 0) is 22.4 Å². The summed E-state index contributed by atoms with van der Waals surface area (Å²) in [6.07, 6.45) is 0.744. The van der Waals surface area contributed by atoms with Crippen LogP contribution in [-0.4, -0.2) is 24.2 Å². The number of benzene rings is 3. The molecule has 0 aromatic heterocycles. The molecule has 0 saturated carbocycles. The van der Waals surface area contributed by atoms with Crippen molar-refractivity contribution in [2.24, 2.45) is 0 Å². The number of ether oxygens (including phenoxy) is 1. The summed E-state index contributed by atoms with van der Waals surface area (Å²) in [5.74, 6) is 0.586. The van der Waals surface area contributed by atoms with Crippen molar-refractivity contribution in [1.29, 1.82) is 0 Å². The summed E-state index contributed by atoms with van der Waals surface area (Å²) in [7, 11) is 0. The van der Waals surface area contributed by atoms with Crippen LogP contribution < -0.4 is 10.1 Å². The average Bonchev–Trinajstić information content (AvgIpc) is 2.67. The quantitative estimate of drug-likeness (QED) is 0.762. The van der Waals surface area contributed by atoms with E-state index < -0.39 is 5.60 Å². The van der Waals surface area contributed by atoms with Crippen LogP contribution in [0.15, 0.2) is 66.7 Å². The molecular formula is C22H21NO3. The highest BCUT2D eigenvalue weighted by molar-refractivity contribution is 5.90. The lowest BCUT2D eigenvalue weighted by molar-refractivity contribution is -0.122. The van der Waals surface area contributed by atoms with Crippen LogP contribution in [-0.2, 0) is 16.8 Å². The molecule has 3 aromatic rings. The zero-order valence-electron chi connectivity index (χ0n) is 14.4. The minimum absolute atomic E-state index is 0.0984. The second kappa shape index (κ2) is 6.81. The summed E-state index contributed by atoms with van der Waals surface area (Å²) in [5.41, 5.74) is 0.625. The fourth-order valence-corrected chi connectivity index (χ4v) is 3.55. The average molecular weight is 347 g/mol. The molecule has 2 N–H and O–H groups in total. The zero-order valence-corrected chi connectivity index (χ0v) is 14.4. The van der Waals surface area contributed by atoms with E-state index in [1.807, 2.05) is 66.7 Å². The molecule has 0 aliphatic carbocycles. The first-order chi connectivity index (χ1) is 12.7. The van der Waals surface area contributed by atoms with E-state index in [1.165, 1.54) is 0 Å². The third-order valence-electron chi connectivity index (χ3n) is 4.97. The van der Waals surface area contributed by atoms with Crippen LogP contribution in [0.2, 0.25) is 0 Å². The van der Waals surface area contributed by atoms with Gasteiger partial charge in [0, 0.05) is 12.0 Å². The predicted octanol–water partition coefficient (Wildman–Crippen LogP) is 3.17. The lowest BCUT2D eigenvalue weighted by Gasteiger charge is -2.34. The van der Waals surface area contributed by atoms with Crippen LogP contribution in [0.25, 0.3) is 10.8 Å². The van der Waals surface area contributed by atoms with Gasteiger partial charge in [0.2, 0.25) is 5.91 Å². The van der Waals surface area contributed by atoms with E-state index in [-0.39, 0.29) is 18.9 Å².